The Morgan fingerprint density at radius 2 is 2.05 bits per heavy atom. The summed E-state index contributed by atoms with van der Waals surface area (Å²) in [4.78, 5) is 22.7. The topological polar surface area (TPSA) is 78.4 Å². The number of amides is 2. The van der Waals surface area contributed by atoms with Crippen molar-refractivity contribution in [2.75, 3.05) is 6.26 Å². The van der Waals surface area contributed by atoms with Crippen LogP contribution in [0.5, 0.6) is 0 Å². The third kappa shape index (κ3) is 5.30. The molecule has 0 aromatic heterocycles. The van der Waals surface area contributed by atoms with Gasteiger partial charge in [-0.3, -0.25) is 4.79 Å². The lowest BCUT2D eigenvalue weighted by Crippen LogP contribution is -2.49. The molecule has 3 N–H and O–H groups in total. The van der Waals surface area contributed by atoms with E-state index in [9.17, 15) is 9.59 Å². The predicted octanol–water partition coefficient (Wildman–Crippen LogP) is 2.07. The minimum absolute atomic E-state index is 0.0400. The van der Waals surface area contributed by atoms with Crippen LogP contribution in [0.3, 0.4) is 0 Å². The average molecular weight is 288 g/mol. The number of carboxylic acids is 1. The van der Waals surface area contributed by atoms with Gasteiger partial charge in [0.15, 0.2) is 0 Å². The molecule has 1 aliphatic rings. The van der Waals surface area contributed by atoms with Gasteiger partial charge in [0.2, 0.25) is 0 Å². The summed E-state index contributed by atoms with van der Waals surface area (Å²) in [5.74, 6) is -0.788. The molecule has 110 valence electrons. The van der Waals surface area contributed by atoms with Crippen molar-refractivity contribution in [3.05, 3.63) is 0 Å². The van der Waals surface area contributed by atoms with Crippen LogP contribution in [0.1, 0.15) is 39.5 Å². The van der Waals surface area contributed by atoms with E-state index in [0.29, 0.717) is 5.25 Å². The van der Waals surface area contributed by atoms with Crippen molar-refractivity contribution in [2.45, 2.75) is 56.9 Å². The van der Waals surface area contributed by atoms with Gasteiger partial charge in [-0.05, 0) is 25.0 Å². The van der Waals surface area contributed by atoms with Gasteiger partial charge in [0.1, 0.15) is 0 Å². The molecule has 0 radical (unpaired) electrons. The zero-order valence-corrected chi connectivity index (χ0v) is 12.6. The molecule has 19 heavy (non-hydrogen) atoms. The SMILES string of the molecule is CSC1CCCC1NC(=O)NC(CC(=O)O)C(C)C. The van der Waals surface area contributed by atoms with E-state index >= 15 is 0 Å². The number of carbonyl (C=O) groups excluding carboxylic acids is 1. The van der Waals surface area contributed by atoms with E-state index in [-0.39, 0.29) is 30.5 Å². The van der Waals surface area contributed by atoms with Crippen molar-refractivity contribution in [2.24, 2.45) is 5.92 Å². The van der Waals surface area contributed by atoms with Gasteiger partial charge in [-0.1, -0.05) is 20.3 Å². The molecule has 3 atom stereocenters. The minimum Gasteiger partial charge on any atom is -0.481 e. The lowest BCUT2D eigenvalue weighted by molar-refractivity contribution is -0.137. The first-order chi connectivity index (χ1) is 8.93. The molecule has 5 nitrogen and oxygen atoms in total. The Labute approximate surface area is 118 Å². The van der Waals surface area contributed by atoms with Crippen LogP contribution in [-0.4, -0.2) is 40.7 Å². The molecule has 2 amide bonds. The summed E-state index contributed by atoms with van der Waals surface area (Å²) in [6.45, 7) is 3.82. The van der Waals surface area contributed by atoms with Crippen LogP contribution in [-0.2, 0) is 4.79 Å². The van der Waals surface area contributed by atoms with Gasteiger partial charge in [-0.15, -0.1) is 0 Å². The Bertz CT molecular complexity index is 323. The van der Waals surface area contributed by atoms with Crippen LogP contribution in [0.25, 0.3) is 0 Å². The molecule has 6 heteroatoms. The number of aliphatic carboxylic acids is 1. The minimum atomic E-state index is -0.887. The molecule has 0 aromatic carbocycles. The fourth-order valence-electron chi connectivity index (χ4n) is 2.39. The van der Waals surface area contributed by atoms with Gasteiger partial charge in [-0.2, -0.15) is 11.8 Å². The number of rotatable bonds is 6. The van der Waals surface area contributed by atoms with Crippen molar-refractivity contribution >= 4 is 23.8 Å². The Morgan fingerprint density at radius 3 is 2.58 bits per heavy atom. The smallest absolute Gasteiger partial charge is 0.315 e. The van der Waals surface area contributed by atoms with E-state index in [2.05, 4.69) is 16.9 Å². The third-order valence-electron chi connectivity index (χ3n) is 3.59. The number of thioether (sulfide) groups is 1. The number of carboxylic acid groups (broad SMARTS) is 1. The molecule has 0 aromatic rings. The summed E-state index contributed by atoms with van der Waals surface area (Å²) in [5.41, 5.74) is 0. The number of urea groups is 1. The Hall–Kier alpha value is -0.910. The second-order valence-corrected chi connectivity index (χ2v) is 6.45. The second-order valence-electron chi connectivity index (χ2n) is 5.38. The molecule has 3 unspecified atom stereocenters. The summed E-state index contributed by atoms with van der Waals surface area (Å²) >= 11 is 1.78. The summed E-state index contributed by atoms with van der Waals surface area (Å²) in [5, 5.41) is 15.1. The summed E-state index contributed by atoms with van der Waals surface area (Å²) < 4.78 is 0. The average Bonchev–Trinajstić information content (AvgIpc) is 2.74. The van der Waals surface area contributed by atoms with Crippen LogP contribution >= 0.6 is 11.8 Å². The van der Waals surface area contributed by atoms with E-state index in [4.69, 9.17) is 5.11 Å². The summed E-state index contributed by atoms with van der Waals surface area (Å²) in [6.07, 6.45) is 5.30. The van der Waals surface area contributed by atoms with Gasteiger partial charge in [0.25, 0.3) is 0 Å². The zero-order chi connectivity index (χ0) is 14.4. The normalized spacial score (nSPS) is 24.2. The number of hydrogen-bond acceptors (Lipinski definition) is 3. The highest BCUT2D eigenvalue weighted by Crippen LogP contribution is 2.28. The second kappa shape index (κ2) is 7.62. The molecule has 1 fully saturated rings. The zero-order valence-electron chi connectivity index (χ0n) is 11.8. The summed E-state index contributed by atoms with van der Waals surface area (Å²) in [6, 6.07) is -0.370. The fraction of sp³-hybridized carbons (Fsp3) is 0.846. The van der Waals surface area contributed by atoms with Crippen molar-refractivity contribution in [3.63, 3.8) is 0 Å². The van der Waals surface area contributed by atoms with E-state index in [0.717, 1.165) is 19.3 Å². The van der Waals surface area contributed by atoms with E-state index < -0.39 is 5.97 Å². The molecule has 1 rings (SSSR count). The number of hydrogen-bond donors (Lipinski definition) is 3. The molecule has 0 saturated heterocycles. The van der Waals surface area contributed by atoms with Crippen molar-refractivity contribution in [1.82, 2.24) is 10.6 Å². The van der Waals surface area contributed by atoms with Gasteiger partial charge in [-0.25, -0.2) is 4.79 Å². The fourth-order valence-corrected chi connectivity index (χ4v) is 3.33. The molecular weight excluding hydrogens is 264 g/mol. The molecule has 0 bridgehead atoms. The molecule has 0 aliphatic heterocycles. The van der Waals surface area contributed by atoms with E-state index in [1.54, 1.807) is 11.8 Å². The van der Waals surface area contributed by atoms with Crippen LogP contribution < -0.4 is 10.6 Å². The molecule has 0 heterocycles. The molecule has 1 saturated carbocycles. The Balaban J connectivity index is 2.46. The van der Waals surface area contributed by atoms with Crippen LogP contribution in [0.2, 0.25) is 0 Å². The molecule has 1 aliphatic carbocycles. The first-order valence-electron chi connectivity index (χ1n) is 6.75. The standard InChI is InChI=1S/C13H24N2O3S/c1-8(2)10(7-12(16)17)15-13(18)14-9-5-4-6-11(9)19-3/h8-11H,4-7H2,1-3H3,(H,16,17)(H2,14,15,18). The third-order valence-corrected chi connectivity index (χ3v) is 4.76. The number of carbonyl (C=O) groups is 2. The highest BCUT2D eigenvalue weighted by Gasteiger charge is 2.28. The van der Waals surface area contributed by atoms with Crippen LogP contribution in [0.15, 0.2) is 0 Å². The maximum Gasteiger partial charge on any atom is 0.315 e. The highest BCUT2D eigenvalue weighted by molar-refractivity contribution is 7.99. The van der Waals surface area contributed by atoms with Gasteiger partial charge in [0, 0.05) is 17.3 Å². The Kier molecular flexibility index (Phi) is 6.48. The van der Waals surface area contributed by atoms with Gasteiger partial charge < -0.3 is 15.7 Å². The van der Waals surface area contributed by atoms with E-state index in [1.807, 2.05) is 13.8 Å². The van der Waals surface area contributed by atoms with Gasteiger partial charge in [0.05, 0.1) is 6.42 Å². The number of nitrogens with one attached hydrogen (secondary N) is 2. The lowest BCUT2D eigenvalue weighted by Gasteiger charge is -2.24. The monoisotopic (exact) mass is 288 g/mol. The quantitative estimate of drug-likeness (QED) is 0.699. The predicted molar refractivity (Wildman–Crippen MR) is 77.5 cm³/mol. The Morgan fingerprint density at radius 1 is 1.37 bits per heavy atom. The van der Waals surface area contributed by atoms with Crippen molar-refractivity contribution in [1.29, 1.82) is 0 Å². The van der Waals surface area contributed by atoms with Crippen LogP contribution in [0.4, 0.5) is 4.79 Å². The molecular formula is C13H24N2O3S. The maximum absolute atomic E-state index is 11.9. The lowest BCUT2D eigenvalue weighted by atomic mass is 10.0. The first kappa shape index (κ1) is 16.1. The van der Waals surface area contributed by atoms with E-state index in [1.165, 1.54) is 0 Å². The summed E-state index contributed by atoms with van der Waals surface area (Å²) in [7, 11) is 0. The van der Waals surface area contributed by atoms with Gasteiger partial charge >= 0.3 is 12.0 Å². The first-order valence-corrected chi connectivity index (χ1v) is 8.04. The highest BCUT2D eigenvalue weighted by atomic mass is 32.2. The van der Waals surface area contributed by atoms with Crippen molar-refractivity contribution < 1.29 is 14.7 Å². The maximum atomic E-state index is 11.9. The largest absolute Gasteiger partial charge is 0.481 e. The van der Waals surface area contributed by atoms with Crippen molar-refractivity contribution in [3.8, 4) is 0 Å². The van der Waals surface area contributed by atoms with Crippen LogP contribution in [0, 0.1) is 5.92 Å². The molecule has 0 spiro atoms.